The van der Waals surface area contributed by atoms with Crippen LogP contribution in [-0.4, -0.2) is 30.1 Å². The molecule has 0 saturated heterocycles. The van der Waals surface area contributed by atoms with Crippen LogP contribution in [0.3, 0.4) is 0 Å². The third-order valence-electron chi connectivity index (χ3n) is 3.38. The first kappa shape index (κ1) is 15.8. The van der Waals surface area contributed by atoms with Gasteiger partial charge in [-0.05, 0) is 30.7 Å². The summed E-state index contributed by atoms with van der Waals surface area (Å²) in [7, 11) is 0. The average Bonchev–Trinajstić information content (AvgIpc) is 3.07. The Labute approximate surface area is 139 Å². The molecule has 7 nitrogen and oxygen atoms in total. The van der Waals surface area contributed by atoms with Crippen LogP contribution in [0.25, 0.3) is 0 Å². The van der Waals surface area contributed by atoms with E-state index in [9.17, 15) is 9.59 Å². The van der Waals surface area contributed by atoms with Crippen molar-refractivity contribution in [3.05, 3.63) is 47.8 Å². The van der Waals surface area contributed by atoms with Crippen molar-refractivity contribution in [2.75, 3.05) is 18.7 Å². The molecule has 2 heterocycles. The molecule has 1 aromatic carbocycles. The minimum absolute atomic E-state index is 0.164. The van der Waals surface area contributed by atoms with Crippen molar-refractivity contribution in [3.63, 3.8) is 0 Å². The van der Waals surface area contributed by atoms with E-state index in [-0.39, 0.29) is 24.1 Å². The number of anilines is 1. The van der Waals surface area contributed by atoms with Gasteiger partial charge in [0.1, 0.15) is 11.4 Å². The number of benzene rings is 1. The van der Waals surface area contributed by atoms with Crippen molar-refractivity contribution in [3.8, 4) is 11.5 Å². The predicted octanol–water partition coefficient (Wildman–Crippen LogP) is 2.20. The fraction of sp³-hybridized carbons (Fsp3) is 0.235. The molecule has 0 spiro atoms. The lowest BCUT2D eigenvalue weighted by atomic mass is 10.2. The second kappa shape index (κ2) is 6.99. The lowest BCUT2D eigenvalue weighted by molar-refractivity contribution is 0.0948. The van der Waals surface area contributed by atoms with Gasteiger partial charge in [0.25, 0.3) is 11.8 Å². The summed E-state index contributed by atoms with van der Waals surface area (Å²) in [6, 6.07) is 9.87. The van der Waals surface area contributed by atoms with Gasteiger partial charge in [0.2, 0.25) is 6.79 Å². The Morgan fingerprint density at radius 1 is 1.08 bits per heavy atom. The van der Waals surface area contributed by atoms with E-state index >= 15 is 0 Å². The molecule has 0 bridgehead atoms. The monoisotopic (exact) mass is 327 g/mol. The number of pyridine rings is 1. The Kier molecular flexibility index (Phi) is 4.60. The molecule has 0 unspecified atom stereocenters. The molecule has 0 aliphatic carbocycles. The normalized spacial score (nSPS) is 11.9. The van der Waals surface area contributed by atoms with Gasteiger partial charge in [-0.25, -0.2) is 4.98 Å². The molecular formula is C17H17N3O4. The van der Waals surface area contributed by atoms with Gasteiger partial charge in [0.05, 0.1) is 0 Å². The zero-order valence-corrected chi connectivity index (χ0v) is 13.2. The molecule has 2 aromatic rings. The number of hydrogen-bond acceptors (Lipinski definition) is 5. The molecule has 2 N–H and O–H groups in total. The highest BCUT2D eigenvalue weighted by Gasteiger charge is 2.16. The van der Waals surface area contributed by atoms with E-state index < -0.39 is 5.91 Å². The summed E-state index contributed by atoms with van der Waals surface area (Å²) in [4.78, 5) is 28.4. The summed E-state index contributed by atoms with van der Waals surface area (Å²) >= 11 is 0. The second-order valence-electron chi connectivity index (χ2n) is 5.19. The van der Waals surface area contributed by atoms with Crippen LogP contribution < -0.4 is 20.1 Å². The SMILES string of the molecule is CCCNC(=O)c1cccc(C(=O)Nc2ccc3c(c2)OCO3)n1. The van der Waals surface area contributed by atoms with Gasteiger partial charge in [-0.3, -0.25) is 9.59 Å². The van der Waals surface area contributed by atoms with E-state index in [0.717, 1.165) is 6.42 Å². The molecule has 24 heavy (non-hydrogen) atoms. The first-order chi connectivity index (χ1) is 11.7. The highest BCUT2D eigenvalue weighted by molar-refractivity contribution is 6.04. The smallest absolute Gasteiger partial charge is 0.274 e. The highest BCUT2D eigenvalue weighted by atomic mass is 16.7. The third-order valence-corrected chi connectivity index (χ3v) is 3.38. The van der Waals surface area contributed by atoms with E-state index in [1.807, 2.05) is 6.92 Å². The quantitative estimate of drug-likeness (QED) is 0.879. The maximum atomic E-state index is 12.3. The number of hydrogen-bond donors (Lipinski definition) is 2. The first-order valence-electron chi connectivity index (χ1n) is 7.63. The summed E-state index contributed by atoms with van der Waals surface area (Å²) in [5.74, 6) is 0.516. The van der Waals surface area contributed by atoms with E-state index in [4.69, 9.17) is 9.47 Å². The Morgan fingerprint density at radius 2 is 1.83 bits per heavy atom. The topological polar surface area (TPSA) is 89.6 Å². The number of carbonyl (C=O) groups excluding carboxylic acids is 2. The van der Waals surface area contributed by atoms with Crippen molar-refractivity contribution in [2.45, 2.75) is 13.3 Å². The summed E-state index contributed by atoms with van der Waals surface area (Å²) in [6.45, 7) is 2.69. The molecule has 0 saturated carbocycles. The van der Waals surface area contributed by atoms with Crippen LogP contribution in [-0.2, 0) is 0 Å². The number of nitrogens with one attached hydrogen (secondary N) is 2. The Morgan fingerprint density at radius 3 is 2.62 bits per heavy atom. The minimum Gasteiger partial charge on any atom is -0.454 e. The number of aromatic nitrogens is 1. The summed E-state index contributed by atoms with van der Waals surface area (Å²) < 4.78 is 10.5. The fourth-order valence-electron chi connectivity index (χ4n) is 2.19. The second-order valence-corrected chi connectivity index (χ2v) is 5.19. The van der Waals surface area contributed by atoms with Crippen LogP contribution >= 0.6 is 0 Å². The molecule has 2 amide bonds. The van der Waals surface area contributed by atoms with Crippen LogP contribution in [0.1, 0.15) is 34.3 Å². The molecular weight excluding hydrogens is 310 g/mol. The van der Waals surface area contributed by atoms with Crippen molar-refractivity contribution >= 4 is 17.5 Å². The molecule has 1 aromatic heterocycles. The van der Waals surface area contributed by atoms with Crippen LogP contribution in [0.2, 0.25) is 0 Å². The van der Waals surface area contributed by atoms with Gasteiger partial charge in [0, 0.05) is 18.3 Å². The third kappa shape index (κ3) is 3.45. The van der Waals surface area contributed by atoms with E-state index in [1.165, 1.54) is 0 Å². The molecule has 124 valence electrons. The van der Waals surface area contributed by atoms with Crippen LogP contribution in [0.15, 0.2) is 36.4 Å². The van der Waals surface area contributed by atoms with E-state index in [0.29, 0.717) is 23.7 Å². The van der Waals surface area contributed by atoms with Gasteiger partial charge in [-0.15, -0.1) is 0 Å². The zero-order valence-electron chi connectivity index (χ0n) is 13.2. The number of carbonyl (C=O) groups is 2. The Hall–Kier alpha value is -3.09. The summed E-state index contributed by atoms with van der Waals surface area (Å²) in [5, 5.41) is 5.46. The molecule has 1 aliphatic rings. The standard InChI is InChI=1S/C17H17N3O4/c1-2-8-18-16(21)12-4-3-5-13(20-12)17(22)19-11-6-7-14-15(9-11)24-10-23-14/h3-7,9H,2,8,10H2,1H3,(H,18,21)(H,19,22). The van der Waals surface area contributed by atoms with Crippen molar-refractivity contribution in [1.82, 2.24) is 10.3 Å². The number of rotatable bonds is 5. The van der Waals surface area contributed by atoms with Gasteiger partial charge < -0.3 is 20.1 Å². The van der Waals surface area contributed by atoms with E-state index in [1.54, 1.807) is 36.4 Å². The molecule has 0 radical (unpaired) electrons. The maximum Gasteiger partial charge on any atom is 0.274 e. The van der Waals surface area contributed by atoms with Crippen molar-refractivity contribution in [1.29, 1.82) is 0 Å². The van der Waals surface area contributed by atoms with Crippen LogP contribution in [0.5, 0.6) is 11.5 Å². The predicted molar refractivity (Wildman–Crippen MR) is 87.4 cm³/mol. The summed E-state index contributed by atoms with van der Waals surface area (Å²) in [6.07, 6.45) is 0.829. The van der Waals surface area contributed by atoms with Crippen molar-refractivity contribution < 1.29 is 19.1 Å². The fourth-order valence-corrected chi connectivity index (χ4v) is 2.19. The minimum atomic E-state index is -0.404. The zero-order chi connectivity index (χ0) is 16.9. The molecule has 1 aliphatic heterocycles. The lowest BCUT2D eigenvalue weighted by Crippen LogP contribution is -2.26. The maximum absolute atomic E-state index is 12.3. The van der Waals surface area contributed by atoms with Crippen LogP contribution in [0, 0.1) is 0 Å². The average molecular weight is 327 g/mol. The first-order valence-corrected chi connectivity index (χ1v) is 7.63. The Bertz CT molecular complexity index is 776. The van der Waals surface area contributed by atoms with Crippen LogP contribution in [0.4, 0.5) is 5.69 Å². The number of fused-ring (bicyclic) bond motifs is 1. The molecule has 7 heteroatoms. The Balaban J connectivity index is 1.72. The number of nitrogens with zero attached hydrogens (tertiary/aromatic N) is 1. The van der Waals surface area contributed by atoms with E-state index in [2.05, 4.69) is 15.6 Å². The van der Waals surface area contributed by atoms with Gasteiger partial charge >= 0.3 is 0 Å². The summed E-state index contributed by atoms with van der Waals surface area (Å²) in [5.41, 5.74) is 0.936. The molecule has 3 rings (SSSR count). The molecule has 0 fully saturated rings. The number of amides is 2. The highest BCUT2D eigenvalue weighted by Crippen LogP contribution is 2.34. The largest absolute Gasteiger partial charge is 0.454 e. The lowest BCUT2D eigenvalue weighted by Gasteiger charge is -2.07. The number of ether oxygens (including phenoxy) is 2. The van der Waals surface area contributed by atoms with Gasteiger partial charge in [-0.2, -0.15) is 0 Å². The molecule has 0 atom stereocenters. The van der Waals surface area contributed by atoms with Gasteiger partial charge in [0.15, 0.2) is 11.5 Å². The van der Waals surface area contributed by atoms with Gasteiger partial charge in [-0.1, -0.05) is 13.0 Å². The van der Waals surface area contributed by atoms with Crippen molar-refractivity contribution in [2.24, 2.45) is 0 Å².